The Hall–Kier alpha value is -0.610. The van der Waals surface area contributed by atoms with Crippen LogP contribution in [0.15, 0.2) is 0 Å². The second kappa shape index (κ2) is 4.42. The zero-order valence-electron chi connectivity index (χ0n) is 7.67. The van der Waals surface area contributed by atoms with E-state index in [0.717, 1.165) is 25.7 Å². The summed E-state index contributed by atoms with van der Waals surface area (Å²) in [4.78, 5) is 16.3. The molecule has 0 atom stereocenters. The van der Waals surface area contributed by atoms with Crippen molar-refractivity contribution in [2.75, 3.05) is 14.1 Å². The summed E-state index contributed by atoms with van der Waals surface area (Å²) < 4.78 is 0. The first-order valence-corrected chi connectivity index (χ1v) is 4.37. The van der Waals surface area contributed by atoms with Gasteiger partial charge in [0.1, 0.15) is 0 Å². The highest BCUT2D eigenvalue weighted by atomic mass is 16.7. The molecule has 12 heavy (non-hydrogen) atoms. The Kier molecular flexibility index (Phi) is 3.49. The molecule has 4 nitrogen and oxygen atoms in total. The lowest BCUT2D eigenvalue weighted by Gasteiger charge is -2.16. The summed E-state index contributed by atoms with van der Waals surface area (Å²) in [7, 11) is 3.38. The Balaban J connectivity index is 2.27. The predicted molar refractivity (Wildman–Crippen MR) is 44.9 cm³/mol. The van der Waals surface area contributed by atoms with Crippen LogP contribution < -0.4 is 5.43 Å². The third kappa shape index (κ3) is 2.46. The van der Waals surface area contributed by atoms with Gasteiger partial charge in [0.2, 0.25) is 0 Å². The lowest BCUT2D eigenvalue weighted by atomic mass is 10.1. The first-order chi connectivity index (χ1) is 5.74. The number of hydrogen-bond acceptors (Lipinski definition) is 4. The predicted octanol–water partition coefficient (Wildman–Crippen LogP) is 0.701. The van der Waals surface area contributed by atoms with Crippen LogP contribution in [0.4, 0.5) is 0 Å². The van der Waals surface area contributed by atoms with Gasteiger partial charge < -0.3 is 4.84 Å². The smallest absolute Gasteiger partial charge is 0.329 e. The van der Waals surface area contributed by atoms with Crippen molar-refractivity contribution in [3.05, 3.63) is 0 Å². The lowest BCUT2D eigenvalue weighted by Crippen LogP contribution is -2.35. The number of hydrogen-bond donors (Lipinski definition) is 1. The highest BCUT2D eigenvalue weighted by Gasteiger charge is 2.25. The maximum absolute atomic E-state index is 11.3. The normalized spacial score (nSPS) is 18.6. The van der Waals surface area contributed by atoms with E-state index in [1.54, 1.807) is 14.1 Å². The second-order valence-corrected chi connectivity index (χ2v) is 3.11. The van der Waals surface area contributed by atoms with Gasteiger partial charge in [0.15, 0.2) is 0 Å². The summed E-state index contributed by atoms with van der Waals surface area (Å²) in [5, 5.41) is 1.33. The van der Waals surface area contributed by atoms with E-state index in [1.165, 1.54) is 5.17 Å². The summed E-state index contributed by atoms with van der Waals surface area (Å²) >= 11 is 0. The number of hydrazine groups is 1. The fourth-order valence-electron chi connectivity index (χ4n) is 1.42. The van der Waals surface area contributed by atoms with Crippen molar-refractivity contribution in [1.82, 2.24) is 10.6 Å². The Morgan fingerprint density at radius 2 is 2.08 bits per heavy atom. The highest BCUT2D eigenvalue weighted by molar-refractivity contribution is 5.72. The molecule has 0 saturated heterocycles. The molecule has 0 aromatic rings. The molecule has 0 aromatic heterocycles. The zero-order chi connectivity index (χ0) is 8.97. The summed E-state index contributed by atoms with van der Waals surface area (Å²) in [6.45, 7) is 0. The summed E-state index contributed by atoms with van der Waals surface area (Å²) in [5.74, 6) is 0.0187. The standard InChI is InChI=1S/C8H16N2O2/c1-9-10(2)12-8(11)7-5-3-4-6-7/h7,9H,3-6H2,1-2H3. The van der Waals surface area contributed by atoms with Crippen molar-refractivity contribution in [3.8, 4) is 0 Å². The van der Waals surface area contributed by atoms with Crippen molar-refractivity contribution in [3.63, 3.8) is 0 Å². The number of nitrogens with one attached hydrogen (secondary N) is 1. The lowest BCUT2D eigenvalue weighted by molar-refractivity contribution is -0.200. The monoisotopic (exact) mass is 172 g/mol. The largest absolute Gasteiger partial charge is 0.353 e. The average Bonchev–Trinajstić information content (AvgIpc) is 2.56. The van der Waals surface area contributed by atoms with Gasteiger partial charge in [-0.15, -0.1) is 0 Å². The van der Waals surface area contributed by atoms with Gasteiger partial charge >= 0.3 is 5.97 Å². The van der Waals surface area contributed by atoms with E-state index < -0.39 is 0 Å². The van der Waals surface area contributed by atoms with E-state index >= 15 is 0 Å². The fraction of sp³-hybridized carbons (Fsp3) is 0.875. The van der Waals surface area contributed by atoms with Crippen LogP contribution in [0.1, 0.15) is 25.7 Å². The Bertz CT molecular complexity index is 155. The van der Waals surface area contributed by atoms with Crippen molar-refractivity contribution in [2.24, 2.45) is 5.92 Å². The van der Waals surface area contributed by atoms with Crippen molar-refractivity contribution >= 4 is 5.97 Å². The van der Waals surface area contributed by atoms with E-state index in [9.17, 15) is 4.79 Å². The van der Waals surface area contributed by atoms with Gasteiger partial charge in [-0.3, -0.25) is 0 Å². The third-order valence-corrected chi connectivity index (χ3v) is 2.23. The topological polar surface area (TPSA) is 41.6 Å². The van der Waals surface area contributed by atoms with Crippen molar-refractivity contribution < 1.29 is 9.63 Å². The quantitative estimate of drug-likeness (QED) is 0.636. The highest BCUT2D eigenvalue weighted by Crippen LogP contribution is 2.25. The summed E-state index contributed by atoms with van der Waals surface area (Å²) in [5.41, 5.74) is 2.71. The molecule has 0 aliphatic heterocycles. The zero-order valence-corrected chi connectivity index (χ0v) is 7.67. The van der Waals surface area contributed by atoms with Crippen LogP contribution in [0.5, 0.6) is 0 Å². The number of hydroxylamine groups is 1. The molecule has 0 radical (unpaired) electrons. The molecule has 0 amide bonds. The molecule has 1 N–H and O–H groups in total. The van der Waals surface area contributed by atoms with Gasteiger partial charge in [-0.1, -0.05) is 18.0 Å². The number of nitrogens with zero attached hydrogens (tertiary/aromatic N) is 1. The van der Waals surface area contributed by atoms with Crippen LogP contribution in [0.2, 0.25) is 0 Å². The van der Waals surface area contributed by atoms with Crippen molar-refractivity contribution in [1.29, 1.82) is 0 Å². The molecule has 1 rings (SSSR count). The first-order valence-electron chi connectivity index (χ1n) is 4.37. The maximum atomic E-state index is 11.3. The molecular formula is C8H16N2O2. The Labute approximate surface area is 72.8 Å². The fourth-order valence-corrected chi connectivity index (χ4v) is 1.42. The van der Waals surface area contributed by atoms with Gasteiger partial charge in [-0.25, -0.2) is 10.2 Å². The molecule has 1 fully saturated rings. The SMILES string of the molecule is CNN(C)OC(=O)C1CCCC1. The molecule has 4 heteroatoms. The molecule has 0 aromatic carbocycles. The van der Waals surface area contributed by atoms with Crippen LogP contribution in [-0.2, 0) is 9.63 Å². The van der Waals surface area contributed by atoms with Gasteiger partial charge in [0.05, 0.1) is 5.92 Å². The molecule has 1 saturated carbocycles. The molecule has 0 spiro atoms. The second-order valence-electron chi connectivity index (χ2n) is 3.11. The van der Waals surface area contributed by atoms with E-state index in [1.807, 2.05) is 0 Å². The van der Waals surface area contributed by atoms with Crippen LogP contribution in [0, 0.1) is 5.92 Å². The number of carbonyl (C=O) groups excluding carboxylic acids is 1. The molecule has 1 aliphatic carbocycles. The van der Waals surface area contributed by atoms with Crippen LogP contribution in [0.3, 0.4) is 0 Å². The minimum absolute atomic E-state index is 0.107. The summed E-state index contributed by atoms with van der Waals surface area (Å²) in [6, 6.07) is 0. The van der Waals surface area contributed by atoms with Gasteiger partial charge in [-0.2, -0.15) is 0 Å². The van der Waals surface area contributed by atoms with Gasteiger partial charge in [-0.05, 0) is 12.8 Å². The van der Waals surface area contributed by atoms with Crippen LogP contribution >= 0.6 is 0 Å². The molecule has 0 unspecified atom stereocenters. The van der Waals surface area contributed by atoms with E-state index in [4.69, 9.17) is 4.84 Å². The molecule has 0 bridgehead atoms. The van der Waals surface area contributed by atoms with E-state index in [-0.39, 0.29) is 11.9 Å². The molecule has 70 valence electrons. The first kappa shape index (κ1) is 9.48. The average molecular weight is 172 g/mol. The molecular weight excluding hydrogens is 156 g/mol. The van der Waals surface area contributed by atoms with E-state index in [2.05, 4.69) is 5.43 Å². The Morgan fingerprint density at radius 3 is 2.58 bits per heavy atom. The van der Waals surface area contributed by atoms with Crippen molar-refractivity contribution in [2.45, 2.75) is 25.7 Å². The number of rotatable bonds is 3. The van der Waals surface area contributed by atoms with Gasteiger partial charge in [0, 0.05) is 14.1 Å². The number of carbonyl (C=O) groups is 1. The van der Waals surface area contributed by atoms with Gasteiger partial charge in [0.25, 0.3) is 0 Å². The van der Waals surface area contributed by atoms with Crippen LogP contribution in [-0.4, -0.2) is 25.2 Å². The Morgan fingerprint density at radius 1 is 1.50 bits per heavy atom. The minimum atomic E-state index is -0.107. The maximum Gasteiger partial charge on any atom is 0.329 e. The molecule has 0 heterocycles. The molecule has 1 aliphatic rings. The third-order valence-electron chi connectivity index (χ3n) is 2.23. The minimum Gasteiger partial charge on any atom is -0.353 e. The summed E-state index contributed by atoms with van der Waals surface area (Å²) in [6.07, 6.45) is 4.28. The van der Waals surface area contributed by atoms with E-state index in [0.29, 0.717) is 0 Å². The van der Waals surface area contributed by atoms with Crippen LogP contribution in [0.25, 0.3) is 0 Å².